The van der Waals surface area contributed by atoms with Crippen LogP contribution in [0.15, 0.2) is 48.5 Å². The summed E-state index contributed by atoms with van der Waals surface area (Å²) in [5.41, 5.74) is 3.80. The first kappa shape index (κ1) is 22.5. The van der Waals surface area contributed by atoms with Crippen LogP contribution in [0.2, 0.25) is 0 Å². The van der Waals surface area contributed by atoms with Crippen molar-refractivity contribution in [1.29, 1.82) is 0 Å². The van der Waals surface area contributed by atoms with E-state index in [2.05, 4.69) is 15.6 Å². The molecular weight excluding hydrogens is 392 g/mol. The van der Waals surface area contributed by atoms with Gasteiger partial charge in [-0.25, -0.2) is 4.98 Å². The van der Waals surface area contributed by atoms with Crippen LogP contribution in [-0.4, -0.2) is 34.6 Å². The first-order chi connectivity index (χ1) is 15.0. The number of imidazole rings is 1. The average molecular weight is 423 g/mol. The van der Waals surface area contributed by atoms with E-state index in [0.29, 0.717) is 25.7 Å². The van der Waals surface area contributed by atoms with Crippen molar-refractivity contribution in [3.8, 4) is 0 Å². The van der Waals surface area contributed by atoms with Crippen LogP contribution in [-0.2, 0) is 20.9 Å². The average Bonchev–Trinajstić information content (AvgIpc) is 3.08. The topological polar surface area (TPSA) is 85.2 Å². The minimum atomic E-state index is -0.408. The number of para-hydroxylation sites is 2. The van der Waals surface area contributed by atoms with Gasteiger partial charge in [0.2, 0.25) is 17.8 Å². The van der Waals surface area contributed by atoms with Gasteiger partial charge in [0.1, 0.15) is 0 Å². The summed E-state index contributed by atoms with van der Waals surface area (Å²) in [7, 11) is 0. The molecule has 2 amide bonds. The number of aryl methyl sites for hydroxylation is 2. The summed E-state index contributed by atoms with van der Waals surface area (Å²) in [6, 6.07) is 15.2. The first-order valence-corrected chi connectivity index (χ1v) is 10.6. The van der Waals surface area contributed by atoms with Crippen LogP contribution < -0.4 is 10.6 Å². The van der Waals surface area contributed by atoms with Crippen LogP contribution in [0.4, 0.5) is 5.95 Å². The smallest absolute Gasteiger partial charge is 0.229 e. The van der Waals surface area contributed by atoms with E-state index in [1.807, 2.05) is 66.9 Å². The SMILES string of the molecule is CCOCCCn1c(NC(=O)CC(NC(C)=O)c2ccc(C)cc2)nc2ccccc21. The fourth-order valence-corrected chi connectivity index (χ4v) is 3.52. The van der Waals surface area contributed by atoms with Gasteiger partial charge < -0.3 is 14.6 Å². The molecule has 1 atom stereocenters. The highest BCUT2D eigenvalue weighted by atomic mass is 16.5. The van der Waals surface area contributed by atoms with Crippen molar-refractivity contribution in [2.24, 2.45) is 0 Å². The van der Waals surface area contributed by atoms with Gasteiger partial charge in [-0.1, -0.05) is 42.0 Å². The number of nitrogens with one attached hydrogen (secondary N) is 2. The number of ether oxygens (including phenoxy) is 1. The molecule has 0 radical (unpaired) electrons. The number of carbonyl (C=O) groups excluding carboxylic acids is 2. The molecule has 3 rings (SSSR count). The Labute approximate surface area is 182 Å². The number of amides is 2. The number of rotatable bonds is 10. The Kier molecular flexibility index (Phi) is 7.78. The van der Waals surface area contributed by atoms with Crippen molar-refractivity contribution in [2.45, 2.75) is 46.2 Å². The number of anilines is 1. The fraction of sp³-hybridized carbons (Fsp3) is 0.375. The fourth-order valence-electron chi connectivity index (χ4n) is 3.52. The van der Waals surface area contributed by atoms with E-state index in [1.54, 1.807) is 0 Å². The lowest BCUT2D eigenvalue weighted by Crippen LogP contribution is -2.30. The molecule has 31 heavy (non-hydrogen) atoms. The van der Waals surface area contributed by atoms with Gasteiger partial charge in [-0.15, -0.1) is 0 Å². The Morgan fingerprint density at radius 1 is 1.13 bits per heavy atom. The predicted molar refractivity (Wildman–Crippen MR) is 122 cm³/mol. The van der Waals surface area contributed by atoms with Crippen LogP contribution in [0.3, 0.4) is 0 Å². The van der Waals surface area contributed by atoms with Gasteiger partial charge in [-0.3, -0.25) is 14.9 Å². The van der Waals surface area contributed by atoms with E-state index >= 15 is 0 Å². The zero-order valence-electron chi connectivity index (χ0n) is 18.4. The first-order valence-electron chi connectivity index (χ1n) is 10.6. The van der Waals surface area contributed by atoms with Crippen molar-refractivity contribution >= 4 is 28.8 Å². The third kappa shape index (κ3) is 6.15. The second-order valence-electron chi connectivity index (χ2n) is 7.54. The molecule has 164 valence electrons. The van der Waals surface area contributed by atoms with Gasteiger partial charge in [0, 0.05) is 26.7 Å². The van der Waals surface area contributed by atoms with Crippen LogP contribution in [0.1, 0.15) is 43.9 Å². The van der Waals surface area contributed by atoms with E-state index in [0.717, 1.165) is 28.6 Å². The predicted octanol–water partition coefficient (Wildman–Crippen LogP) is 3.98. The number of nitrogens with zero attached hydrogens (tertiary/aromatic N) is 2. The Morgan fingerprint density at radius 2 is 1.87 bits per heavy atom. The Hall–Kier alpha value is -3.19. The molecule has 0 bridgehead atoms. The number of hydrogen-bond acceptors (Lipinski definition) is 4. The normalized spacial score (nSPS) is 12.0. The summed E-state index contributed by atoms with van der Waals surface area (Å²) in [6.45, 7) is 7.43. The lowest BCUT2D eigenvalue weighted by Gasteiger charge is -2.18. The third-order valence-corrected chi connectivity index (χ3v) is 5.03. The quantitative estimate of drug-likeness (QED) is 0.484. The van der Waals surface area contributed by atoms with Crippen molar-refractivity contribution in [3.63, 3.8) is 0 Å². The Bertz CT molecular complexity index is 1030. The van der Waals surface area contributed by atoms with E-state index in [1.165, 1.54) is 6.92 Å². The molecule has 0 saturated carbocycles. The summed E-state index contributed by atoms with van der Waals surface area (Å²) in [6.07, 6.45) is 0.930. The third-order valence-electron chi connectivity index (χ3n) is 5.03. The zero-order valence-corrected chi connectivity index (χ0v) is 18.4. The van der Waals surface area contributed by atoms with E-state index in [-0.39, 0.29) is 18.2 Å². The number of hydrogen-bond donors (Lipinski definition) is 2. The largest absolute Gasteiger partial charge is 0.382 e. The van der Waals surface area contributed by atoms with Crippen molar-refractivity contribution in [3.05, 3.63) is 59.7 Å². The lowest BCUT2D eigenvalue weighted by atomic mass is 10.0. The maximum Gasteiger partial charge on any atom is 0.229 e. The number of benzene rings is 2. The van der Waals surface area contributed by atoms with Gasteiger partial charge in [0.05, 0.1) is 23.5 Å². The molecule has 2 aromatic carbocycles. The molecule has 3 aromatic rings. The molecule has 1 unspecified atom stereocenters. The Morgan fingerprint density at radius 3 is 2.58 bits per heavy atom. The Balaban J connectivity index is 1.77. The summed E-state index contributed by atoms with van der Waals surface area (Å²) in [4.78, 5) is 29.2. The summed E-state index contributed by atoms with van der Waals surface area (Å²) in [5, 5.41) is 5.82. The van der Waals surface area contributed by atoms with Gasteiger partial charge >= 0.3 is 0 Å². The van der Waals surface area contributed by atoms with Crippen LogP contribution in [0.25, 0.3) is 11.0 Å². The standard InChI is InChI=1S/C24H30N4O3/c1-4-31-15-7-14-28-22-9-6-5-8-20(22)26-24(28)27-23(30)16-21(25-18(3)29)19-12-10-17(2)11-13-19/h5-6,8-13,21H,4,7,14-16H2,1-3H3,(H,25,29)(H,26,27,30). The number of fused-ring (bicyclic) bond motifs is 1. The highest BCUT2D eigenvalue weighted by Crippen LogP contribution is 2.22. The van der Waals surface area contributed by atoms with Gasteiger partial charge in [0.25, 0.3) is 0 Å². The molecule has 7 heteroatoms. The maximum absolute atomic E-state index is 12.9. The summed E-state index contributed by atoms with van der Waals surface area (Å²) >= 11 is 0. The minimum Gasteiger partial charge on any atom is -0.382 e. The number of carbonyl (C=O) groups is 2. The molecular formula is C24H30N4O3. The second kappa shape index (κ2) is 10.7. The van der Waals surface area contributed by atoms with Crippen LogP contribution in [0, 0.1) is 6.92 Å². The molecule has 0 fully saturated rings. The molecule has 7 nitrogen and oxygen atoms in total. The zero-order chi connectivity index (χ0) is 22.2. The van der Waals surface area contributed by atoms with Gasteiger partial charge in [-0.05, 0) is 38.0 Å². The van der Waals surface area contributed by atoms with Gasteiger partial charge in [-0.2, -0.15) is 0 Å². The van der Waals surface area contributed by atoms with Gasteiger partial charge in [0.15, 0.2) is 0 Å². The van der Waals surface area contributed by atoms with E-state index < -0.39 is 6.04 Å². The van der Waals surface area contributed by atoms with E-state index in [4.69, 9.17) is 4.74 Å². The molecule has 0 saturated heterocycles. The highest BCUT2D eigenvalue weighted by molar-refractivity contribution is 5.92. The highest BCUT2D eigenvalue weighted by Gasteiger charge is 2.19. The maximum atomic E-state index is 12.9. The van der Waals surface area contributed by atoms with Crippen molar-refractivity contribution < 1.29 is 14.3 Å². The van der Waals surface area contributed by atoms with Crippen molar-refractivity contribution in [1.82, 2.24) is 14.9 Å². The molecule has 0 aliphatic rings. The number of aromatic nitrogens is 2. The molecule has 2 N–H and O–H groups in total. The second-order valence-corrected chi connectivity index (χ2v) is 7.54. The molecule has 0 spiro atoms. The van der Waals surface area contributed by atoms with Crippen LogP contribution >= 0.6 is 0 Å². The molecule has 1 aromatic heterocycles. The molecule has 0 aliphatic carbocycles. The monoisotopic (exact) mass is 422 g/mol. The molecule has 0 aliphatic heterocycles. The van der Waals surface area contributed by atoms with Crippen LogP contribution in [0.5, 0.6) is 0 Å². The van der Waals surface area contributed by atoms with Crippen molar-refractivity contribution in [2.75, 3.05) is 18.5 Å². The summed E-state index contributed by atoms with van der Waals surface area (Å²) < 4.78 is 7.46. The minimum absolute atomic E-state index is 0.116. The lowest BCUT2D eigenvalue weighted by molar-refractivity contribution is -0.120. The van der Waals surface area contributed by atoms with E-state index in [9.17, 15) is 9.59 Å². The molecule has 1 heterocycles. The summed E-state index contributed by atoms with van der Waals surface area (Å²) in [5.74, 6) is 0.121.